The van der Waals surface area contributed by atoms with Crippen LogP contribution in [0.1, 0.15) is 29.2 Å². The molecule has 1 saturated heterocycles. The summed E-state index contributed by atoms with van der Waals surface area (Å²) in [5, 5.41) is 0. The first-order valence-electron chi connectivity index (χ1n) is 4.49. The second kappa shape index (κ2) is 3.34. The number of hydrogen-bond donors (Lipinski definition) is 0. The van der Waals surface area contributed by atoms with Crippen molar-refractivity contribution in [2.75, 3.05) is 6.61 Å². The molecule has 0 saturated carbocycles. The first kappa shape index (κ1) is 8.51. The summed E-state index contributed by atoms with van der Waals surface area (Å²) in [6, 6.07) is 3.50. The van der Waals surface area contributed by atoms with Gasteiger partial charge >= 0.3 is 0 Å². The molecule has 0 radical (unpaired) electrons. The molecule has 0 aliphatic carbocycles. The fourth-order valence-electron chi connectivity index (χ4n) is 1.51. The van der Waals surface area contributed by atoms with Crippen molar-refractivity contribution in [2.45, 2.75) is 25.9 Å². The molecule has 3 heteroatoms. The first-order valence-corrected chi connectivity index (χ1v) is 4.49. The fraction of sp³-hybridized carbons (Fsp3) is 0.500. The monoisotopic (exact) mass is 180 g/mol. The number of rotatable bonds is 2. The second-order valence-corrected chi connectivity index (χ2v) is 3.28. The zero-order chi connectivity index (χ0) is 9.26. The number of aryl methyl sites for hydroxylation is 1. The molecule has 70 valence electrons. The highest BCUT2D eigenvalue weighted by atomic mass is 16.5. The van der Waals surface area contributed by atoms with Gasteiger partial charge in [-0.3, -0.25) is 4.79 Å². The number of ketones is 1. The summed E-state index contributed by atoms with van der Waals surface area (Å²) < 4.78 is 10.5. The van der Waals surface area contributed by atoms with Gasteiger partial charge in [-0.25, -0.2) is 0 Å². The predicted molar refractivity (Wildman–Crippen MR) is 46.7 cm³/mol. The van der Waals surface area contributed by atoms with E-state index in [1.54, 1.807) is 12.1 Å². The Morgan fingerprint density at radius 1 is 1.54 bits per heavy atom. The predicted octanol–water partition coefficient (Wildman–Crippen LogP) is 1.95. The van der Waals surface area contributed by atoms with Gasteiger partial charge in [0.15, 0.2) is 5.76 Å². The van der Waals surface area contributed by atoms with E-state index in [0.29, 0.717) is 12.4 Å². The normalized spacial score (nSPS) is 22.1. The summed E-state index contributed by atoms with van der Waals surface area (Å²) in [5.74, 6) is 1.16. The molecule has 1 aromatic rings. The van der Waals surface area contributed by atoms with Crippen molar-refractivity contribution >= 4 is 5.78 Å². The molecule has 2 heterocycles. The maximum absolute atomic E-state index is 11.6. The molecule has 0 N–H and O–H groups in total. The van der Waals surface area contributed by atoms with Crippen molar-refractivity contribution in [1.29, 1.82) is 0 Å². The van der Waals surface area contributed by atoms with Crippen LogP contribution in [0.5, 0.6) is 0 Å². The minimum absolute atomic E-state index is 0.0226. The Kier molecular flexibility index (Phi) is 2.19. The number of ether oxygens (including phenoxy) is 1. The van der Waals surface area contributed by atoms with Crippen LogP contribution < -0.4 is 0 Å². The maximum Gasteiger partial charge on any atom is 0.226 e. The quantitative estimate of drug-likeness (QED) is 0.653. The van der Waals surface area contributed by atoms with Crippen molar-refractivity contribution < 1.29 is 13.9 Å². The Morgan fingerprint density at radius 2 is 2.38 bits per heavy atom. The van der Waals surface area contributed by atoms with Crippen molar-refractivity contribution in [1.82, 2.24) is 0 Å². The minimum atomic E-state index is -0.273. The van der Waals surface area contributed by atoms with Crippen LogP contribution in [0.2, 0.25) is 0 Å². The molecule has 0 amide bonds. The van der Waals surface area contributed by atoms with Gasteiger partial charge in [0, 0.05) is 6.61 Å². The van der Waals surface area contributed by atoms with Crippen LogP contribution in [0, 0.1) is 6.92 Å². The van der Waals surface area contributed by atoms with Crippen LogP contribution in [-0.2, 0) is 4.74 Å². The van der Waals surface area contributed by atoms with Gasteiger partial charge in [0.2, 0.25) is 5.78 Å². The number of hydrogen-bond acceptors (Lipinski definition) is 3. The zero-order valence-electron chi connectivity index (χ0n) is 7.58. The van der Waals surface area contributed by atoms with Crippen molar-refractivity contribution in [3.05, 3.63) is 23.7 Å². The van der Waals surface area contributed by atoms with E-state index in [4.69, 9.17) is 9.15 Å². The molecule has 1 unspecified atom stereocenters. The van der Waals surface area contributed by atoms with Gasteiger partial charge < -0.3 is 9.15 Å². The molecule has 1 aromatic heterocycles. The lowest BCUT2D eigenvalue weighted by atomic mass is 10.1. The Labute approximate surface area is 76.7 Å². The summed E-state index contributed by atoms with van der Waals surface area (Å²) in [4.78, 5) is 11.6. The molecule has 2 rings (SSSR count). The molecule has 0 bridgehead atoms. The summed E-state index contributed by atoms with van der Waals surface area (Å²) >= 11 is 0. The third-order valence-corrected chi connectivity index (χ3v) is 2.21. The summed E-state index contributed by atoms with van der Waals surface area (Å²) in [6.45, 7) is 2.52. The Hall–Kier alpha value is -1.09. The van der Waals surface area contributed by atoms with Gasteiger partial charge in [0.25, 0.3) is 0 Å². The highest BCUT2D eigenvalue weighted by molar-refractivity contribution is 5.97. The van der Waals surface area contributed by atoms with E-state index in [-0.39, 0.29) is 11.9 Å². The van der Waals surface area contributed by atoms with Gasteiger partial charge in [-0.15, -0.1) is 0 Å². The molecule has 0 aromatic carbocycles. The first-order chi connectivity index (χ1) is 6.27. The molecule has 1 fully saturated rings. The zero-order valence-corrected chi connectivity index (χ0v) is 7.58. The Morgan fingerprint density at radius 3 is 2.92 bits per heavy atom. The minimum Gasteiger partial charge on any atom is -0.458 e. The standard InChI is InChI=1S/C10H12O3/c1-7-4-5-9(13-7)10(11)8-3-2-6-12-8/h4-5,8H,2-3,6H2,1H3. The van der Waals surface area contributed by atoms with E-state index in [9.17, 15) is 4.79 Å². The highest BCUT2D eigenvalue weighted by Crippen LogP contribution is 2.18. The average molecular weight is 180 g/mol. The Bertz CT molecular complexity index is 308. The molecule has 1 atom stereocenters. The third kappa shape index (κ3) is 1.65. The van der Waals surface area contributed by atoms with Gasteiger partial charge in [-0.05, 0) is 31.9 Å². The lowest BCUT2D eigenvalue weighted by molar-refractivity contribution is 0.0614. The Balaban J connectivity index is 2.12. The van der Waals surface area contributed by atoms with Crippen molar-refractivity contribution in [3.8, 4) is 0 Å². The molecule has 0 spiro atoms. The molecular weight excluding hydrogens is 168 g/mol. The van der Waals surface area contributed by atoms with E-state index in [1.165, 1.54) is 0 Å². The molecular formula is C10H12O3. The summed E-state index contributed by atoms with van der Waals surface area (Å²) in [6.07, 6.45) is 1.51. The lowest BCUT2D eigenvalue weighted by Gasteiger charge is -2.04. The van der Waals surface area contributed by atoms with Gasteiger partial charge in [0.1, 0.15) is 11.9 Å². The van der Waals surface area contributed by atoms with Crippen molar-refractivity contribution in [3.63, 3.8) is 0 Å². The number of furan rings is 1. The van der Waals surface area contributed by atoms with Crippen LogP contribution in [0.3, 0.4) is 0 Å². The average Bonchev–Trinajstić information content (AvgIpc) is 2.72. The maximum atomic E-state index is 11.6. The number of Topliss-reactive ketones (excluding diaryl/α,β-unsaturated/α-hetero) is 1. The van der Waals surface area contributed by atoms with Crippen LogP contribution >= 0.6 is 0 Å². The highest BCUT2D eigenvalue weighted by Gasteiger charge is 2.26. The SMILES string of the molecule is Cc1ccc(C(=O)C2CCCO2)o1. The van der Waals surface area contributed by atoms with Crippen LogP contribution in [0.4, 0.5) is 0 Å². The topological polar surface area (TPSA) is 39.4 Å². The van der Waals surface area contributed by atoms with Crippen molar-refractivity contribution in [2.24, 2.45) is 0 Å². The number of carbonyl (C=O) groups is 1. The third-order valence-electron chi connectivity index (χ3n) is 2.21. The van der Waals surface area contributed by atoms with Gasteiger partial charge in [-0.2, -0.15) is 0 Å². The van der Waals surface area contributed by atoms with E-state index < -0.39 is 0 Å². The molecule has 13 heavy (non-hydrogen) atoms. The number of carbonyl (C=O) groups excluding carboxylic acids is 1. The summed E-state index contributed by atoms with van der Waals surface area (Å²) in [7, 11) is 0. The van der Waals surface area contributed by atoms with Gasteiger partial charge in [-0.1, -0.05) is 0 Å². The molecule has 1 aliphatic heterocycles. The molecule has 3 nitrogen and oxygen atoms in total. The molecule has 1 aliphatic rings. The van der Waals surface area contributed by atoms with Crippen LogP contribution in [-0.4, -0.2) is 18.5 Å². The van der Waals surface area contributed by atoms with E-state index >= 15 is 0 Å². The van der Waals surface area contributed by atoms with Crippen LogP contribution in [0.15, 0.2) is 16.5 Å². The fourth-order valence-corrected chi connectivity index (χ4v) is 1.51. The smallest absolute Gasteiger partial charge is 0.226 e. The van der Waals surface area contributed by atoms with E-state index in [0.717, 1.165) is 18.6 Å². The van der Waals surface area contributed by atoms with Crippen LogP contribution in [0.25, 0.3) is 0 Å². The summed E-state index contributed by atoms with van der Waals surface area (Å²) in [5.41, 5.74) is 0. The van der Waals surface area contributed by atoms with E-state index in [2.05, 4.69) is 0 Å². The second-order valence-electron chi connectivity index (χ2n) is 3.28. The van der Waals surface area contributed by atoms with Gasteiger partial charge in [0.05, 0.1) is 0 Å². The van der Waals surface area contributed by atoms with E-state index in [1.807, 2.05) is 6.92 Å². The lowest BCUT2D eigenvalue weighted by Crippen LogP contribution is -2.18. The largest absolute Gasteiger partial charge is 0.458 e.